The van der Waals surface area contributed by atoms with E-state index in [-0.39, 0.29) is 25.0 Å². The fourth-order valence-electron chi connectivity index (χ4n) is 8.60. The highest BCUT2D eigenvalue weighted by atomic mass is 16.6. The van der Waals surface area contributed by atoms with Crippen molar-refractivity contribution in [3.63, 3.8) is 0 Å². The molecule has 44 heavy (non-hydrogen) atoms. The van der Waals surface area contributed by atoms with Crippen LogP contribution in [0.25, 0.3) is 0 Å². The Morgan fingerprint density at radius 1 is 1.00 bits per heavy atom. The van der Waals surface area contributed by atoms with Gasteiger partial charge in [-0.15, -0.1) is 0 Å². The Balaban J connectivity index is 1.80. The van der Waals surface area contributed by atoms with Crippen LogP contribution in [0, 0.1) is 29.1 Å². The van der Waals surface area contributed by atoms with Crippen molar-refractivity contribution in [2.75, 3.05) is 6.61 Å². The largest absolute Gasteiger partial charge is 0.462 e. The lowest BCUT2D eigenvalue weighted by atomic mass is 9.55. The summed E-state index contributed by atoms with van der Waals surface area (Å²) in [6, 6.07) is 8.43. The summed E-state index contributed by atoms with van der Waals surface area (Å²) in [5.41, 5.74) is -3.51. The minimum Gasteiger partial charge on any atom is -0.462 e. The second-order valence-electron chi connectivity index (χ2n) is 13.0. The van der Waals surface area contributed by atoms with E-state index >= 15 is 0 Å². The molecule has 0 spiro atoms. The molecule has 5 rings (SSSR count). The van der Waals surface area contributed by atoms with E-state index in [4.69, 9.17) is 23.7 Å². The second-order valence-corrected chi connectivity index (χ2v) is 13.0. The Kier molecular flexibility index (Phi) is 8.31. The highest BCUT2D eigenvalue weighted by Crippen LogP contribution is 2.68. The zero-order chi connectivity index (χ0) is 32.2. The quantitative estimate of drug-likeness (QED) is 0.275. The van der Waals surface area contributed by atoms with Crippen molar-refractivity contribution in [2.45, 2.75) is 90.0 Å². The molecule has 3 fully saturated rings. The Morgan fingerprint density at radius 2 is 1.66 bits per heavy atom. The van der Waals surface area contributed by atoms with Crippen LogP contribution in [0.4, 0.5) is 0 Å². The fraction of sp³-hybridized carbons (Fsp3) is 0.588. The molecule has 10 nitrogen and oxygen atoms in total. The van der Waals surface area contributed by atoms with E-state index in [1.165, 1.54) is 13.8 Å². The third-order valence-electron chi connectivity index (χ3n) is 10.1. The Labute approximate surface area is 257 Å². The molecule has 3 aliphatic carbocycles. The molecule has 10 heteroatoms. The molecule has 4 aliphatic rings. The molecule has 1 heterocycles. The summed E-state index contributed by atoms with van der Waals surface area (Å²) in [6.45, 7) is 13.9. The molecule has 238 valence electrons. The molecular formula is C34H42O10. The first-order valence-corrected chi connectivity index (χ1v) is 15.2. The van der Waals surface area contributed by atoms with E-state index in [1.54, 1.807) is 50.3 Å². The number of ether oxygens (including phenoxy) is 5. The molecule has 2 saturated carbocycles. The monoisotopic (exact) mass is 610 g/mol. The van der Waals surface area contributed by atoms with Gasteiger partial charge >= 0.3 is 23.9 Å². The number of hydrogen-bond donors (Lipinski definition) is 1. The molecule has 0 radical (unpaired) electrons. The maximum absolute atomic E-state index is 13.7. The van der Waals surface area contributed by atoms with Crippen LogP contribution >= 0.6 is 0 Å². The van der Waals surface area contributed by atoms with Crippen molar-refractivity contribution in [3.05, 3.63) is 60.2 Å². The second kappa shape index (κ2) is 11.5. The highest BCUT2D eigenvalue weighted by molar-refractivity contribution is 5.89. The lowest BCUT2D eigenvalue weighted by molar-refractivity contribution is -0.228. The van der Waals surface area contributed by atoms with Gasteiger partial charge in [0.2, 0.25) is 0 Å². The van der Waals surface area contributed by atoms with Gasteiger partial charge in [-0.25, -0.2) is 4.79 Å². The Morgan fingerprint density at radius 3 is 2.25 bits per heavy atom. The smallest absolute Gasteiger partial charge is 0.338 e. The van der Waals surface area contributed by atoms with E-state index in [0.29, 0.717) is 0 Å². The number of carbonyl (C=O) groups is 4. The van der Waals surface area contributed by atoms with Crippen LogP contribution in [0.1, 0.15) is 64.7 Å². The van der Waals surface area contributed by atoms with Crippen LogP contribution in [0.3, 0.4) is 0 Å². The van der Waals surface area contributed by atoms with Crippen LogP contribution in [0.2, 0.25) is 0 Å². The molecular weight excluding hydrogens is 568 g/mol. The summed E-state index contributed by atoms with van der Waals surface area (Å²) in [4.78, 5) is 52.0. The van der Waals surface area contributed by atoms with E-state index in [1.807, 2.05) is 19.9 Å². The number of allylic oxidation sites excluding steroid dienone is 2. The van der Waals surface area contributed by atoms with Crippen LogP contribution in [0.15, 0.2) is 54.6 Å². The first kappa shape index (κ1) is 31.9. The lowest BCUT2D eigenvalue weighted by Gasteiger charge is -2.51. The van der Waals surface area contributed by atoms with Gasteiger partial charge in [0.05, 0.1) is 23.5 Å². The lowest BCUT2D eigenvalue weighted by Crippen LogP contribution is -2.63. The topological polar surface area (TPSA) is 135 Å². The van der Waals surface area contributed by atoms with Crippen molar-refractivity contribution >= 4 is 23.9 Å². The van der Waals surface area contributed by atoms with Crippen molar-refractivity contribution in [3.8, 4) is 0 Å². The molecule has 1 aromatic carbocycles. The molecule has 1 N–H and O–H groups in total. The van der Waals surface area contributed by atoms with Gasteiger partial charge in [0.15, 0.2) is 6.10 Å². The molecule has 11 atom stereocenters. The fourth-order valence-corrected chi connectivity index (χ4v) is 8.60. The van der Waals surface area contributed by atoms with Gasteiger partial charge < -0.3 is 28.8 Å². The molecule has 0 amide bonds. The van der Waals surface area contributed by atoms with E-state index < -0.39 is 88.6 Å². The van der Waals surface area contributed by atoms with Crippen LogP contribution in [-0.2, 0) is 38.1 Å². The van der Waals surface area contributed by atoms with E-state index in [9.17, 15) is 24.3 Å². The average Bonchev–Trinajstić information content (AvgIpc) is 3.40. The summed E-state index contributed by atoms with van der Waals surface area (Å²) in [6.07, 6.45) is -0.567. The van der Waals surface area contributed by atoms with Crippen LogP contribution < -0.4 is 0 Å². The molecule has 1 saturated heterocycles. The van der Waals surface area contributed by atoms with Crippen molar-refractivity contribution < 1.29 is 48.0 Å². The third-order valence-corrected chi connectivity index (χ3v) is 10.1. The molecule has 2 bridgehead atoms. The number of aliphatic hydroxyl groups is 1. The third kappa shape index (κ3) is 4.86. The predicted octanol–water partition coefficient (Wildman–Crippen LogP) is 3.95. The minimum atomic E-state index is -1.89. The normalized spacial score (nSPS) is 40.2. The number of esters is 4. The van der Waals surface area contributed by atoms with Crippen molar-refractivity contribution in [1.29, 1.82) is 0 Å². The standard InChI is InChI=1S/C34H42O10/c1-8-25(37)43-27-19(4)16-34(39)26(27)29(42-21(6)36)33-17-40-32(7,31(34)44-30(38)22-12-10-9-11-13-22)28(33)23(18(2)3)14-15-24(33)41-20(5)35/h9-15,19,23-24,26-29,31,39H,2,8,16-17H2,1,3-7H3/t19-,23-,24+,26+,27-,28-,29+,31+,32+,33+,34+/m0/s1. The Hall–Kier alpha value is -3.50. The summed E-state index contributed by atoms with van der Waals surface area (Å²) in [5.74, 6) is -4.89. The number of rotatable bonds is 7. The number of benzene rings is 1. The predicted molar refractivity (Wildman–Crippen MR) is 157 cm³/mol. The van der Waals surface area contributed by atoms with Gasteiger partial charge in [0.25, 0.3) is 0 Å². The van der Waals surface area contributed by atoms with Crippen LogP contribution in [-0.4, -0.2) is 71.2 Å². The number of hydrogen-bond acceptors (Lipinski definition) is 10. The Bertz CT molecular complexity index is 1370. The number of carbonyl (C=O) groups excluding carboxylic acids is 4. The van der Waals surface area contributed by atoms with Gasteiger partial charge in [-0.3, -0.25) is 14.4 Å². The molecule has 0 aromatic heterocycles. The summed E-state index contributed by atoms with van der Waals surface area (Å²) in [5, 5.41) is 13.0. The average molecular weight is 611 g/mol. The summed E-state index contributed by atoms with van der Waals surface area (Å²) in [7, 11) is 0. The molecule has 1 aromatic rings. The maximum atomic E-state index is 13.7. The van der Waals surface area contributed by atoms with Crippen molar-refractivity contribution in [2.24, 2.45) is 29.1 Å². The van der Waals surface area contributed by atoms with Gasteiger partial charge in [0.1, 0.15) is 29.5 Å². The van der Waals surface area contributed by atoms with Gasteiger partial charge in [0, 0.05) is 32.1 Å². The van der Waals surface area contributed by atoms with Gasteiger partial charge in [-0.1, -0.05) is 50.3 Å². The minimum absolute atomic E-state index is 0.0506. The highest BCUT2D eigenvalue weighted by Gasteiger charge is 2.80. The summed E-state index contributed by atoms with van der Waals surface area (Å²) < 4.78 is 31.1. The maximum Gasteiger partial charge on any atom is 0.338 e. The van der Waals surface area contributed by atoms with Gasteiger partial charge in [-0.05, 0) is 44.4 Å². The molecule has 0 unspecified atom stereocenters. The SMILES string of the molecule is C=C(C)[C@@H]1C=C[C@@H](OC(C)=O)[C@@]23CO[C@@](C)([C@@H](OC(=O)c4ccccc4)[C@@]4(O)C[C@H](C)[C@H](OC(=O)CC)[C@@H]4[C@H]2OC(C)=O)[C@H]13. The van der Waals surface area contributed by atoms with E-state index in [0.717, 1.165) is 5.57 Å². The van der Waals surface area contributed by atoms with Crippen molar-refractivity contribution in [1.82, 2.24) is 0 Å². The first-order valence-electron chi connectivity index (χ1n) is 15.2. The zero-order valence-corrected chi connectivity index (χ0v) is 26.1. The molecule has 1 aliphatic heterocycles. The number of fused-ring (bicyclic) bond motifs is 1. The summed E-state index contributed by atoms with van der Waals surface area (Å²) >= 11 is 0. The first-order chi connectivity index (χ1) is 20.7. The van der Waals surface area contributed by atoms with E-state index in [2.05, 4.69) is 6.58 Å². The van der Waals surface area contributed by atoms with Gasteiger partial charge in [-0.2, -0.15) is 0 Å². The van der Waals surface area contributed by atoms with Crippen LogP contribution in [0.5, 0.6) is 0 Å². The zero-order valence-electron chi connectivity index (χ0n) is 26.1.